The second kappa shape index (κ2) is 4.93. The Morgan fingerprint density at radius 2 is 1.85 bits per heavy atom. The number of hydrogen-bond donors (Lipinski definition) is 1. The molecule has 0 unspecified atom stereocenters. The van der Waals surface area contributed by atoms with Crippen molar-refractivity contribution in [3.05, 3.63) is 64.7 Å². The van der Waals surface area contributed by atoms with Gasteiger partial charge in [-0.25, -0.2) is 0 Å². The van der Waals surface area contributed by atoms with Crippen LogP contribution in [0.2, 0.25) is 5.02 Å². The molecular weight excluding hydrogens is 274 g/mol. The molecule has 1 atom stereocenters. The van der Waals surface area contributed by atoms with E-state index in [0.717, 1.165) is 16.8 Å². The van der Waals surface area contributed by atoms with E-state index >= 15 is 0 Å². The molecule has 0 fully saturated rings. The van der Waals surface area contributed by atoms with Crippen LogP contribution >= 0.6 is 11.6 Å². The number of rotatable bonds is 3. The summed E-state index contributed by atoms with van der Waals surface area (Å²) in [6.07, 6.45) is 0.409. The molecule has 20 heavy (non-hydrogen) atoms. The van der Waals surface area contributed by atoms with Crippen LogP contribution in [-0.4, -0.2) is 13.0 Å². The number of para-hydroxylation sites is 1. The molecular formula is C16H14ClNO2. The van der Waals surface area contributed by atoms with Crippen molar-refractivity contribution in [3.63, 3.8) is 0 Å². The minimum absolute atomic E-state index is 0.152. The number of fused-ring (bicyclic) bond motifs is 1. The highest BCUT2D eigenvalue weighted by atomic mass is 35.5. The Bertz CT molecular complexity index is 671. The van der Waals surface area contributed by atoms with Gasteiger partial charge in [-0.1, -0.05) is 48.0 Å². The number of carbonyl (C=O) groups is 1. The molecule has 0 saturated heterocycles. The highest BCUT2D eigenvalue weighted by Gasteiger charge is 2.47. The molecule has 0 aromatic heterocycles. The summed E-state index contributed by atoms with van der Waals surface area (Å²) < 4.78 is 5.63. The van der Waals surface area contributed by atoms with E-state index in [1.54, 1.807) is 7.11 Å². The molecule has 1 N–H and O–H groups in total. The second-order valence-electron chi connectivity index (χ2n) is 4.80. The molecule has 0 radical (unpaired) electrons. The third-order valence-corrected chi connectivity index (χ3v) is 4.09. The highest BCUT2D eigenvalue weighted by molar-refractivity contribution is 6.31. The van der Waals surface area contributed by atoms with Gasteiger partial charge >= 0.3 is 0 Å². The molecule has 3 rings (SSSR count). The Balaban J connectivity index is 2.09. The first-order chi connectivity index (χ1) is 9.67. The average Bonchev–Trinajstić information content (AvgIpc) is 2.74. The smallest absolute Gasteiger partial charge is 0.261 e. The minimum Gasteiger partial charge on any atom is -0.363 e. The molecule has 102 valence electrons. The van der Waals surface area contributed by atoms with Crippen molar-refractivity contribution >= 4 is 23.2 Å². The van der Waals surface area contributed by atoms with Crippen molar-refractivity contribution in [2.75, 3.05) is 12.4 Å². The Labute approximate surface area is 122 Å². The van der Waals surface area contributed by atoms with E-state index in [-0.39, 0.29) is 5.91 Å². The van der Waals surface area contributed by atoms with Crippen LogP contribution in [0.5, 0.6) is 0 Å². The van der Waals surface area contributed by atoms with E-state index < -0.39 is 5.60 Å². The number of amides is 1. The Kier molecular flexibility index (Phi) is 3.24. The number of methoxy groups -OCH3 is 1. The van der Waals surface area contributed by atoms with Gasteiger partial charge in [-0.15, -0.1) is 0 Å². The number of hydrogen-bond acceptors (Lipinski definition) is 2. The monoisotopic (exact) mass is 287 g/mol. The molecule has 0 aliphatic carbocycles. The highest BCUT2D eigenvalue weighted by Crippen LogP contribution is 2.41. The fourth-order valence-corrected chi connectivity index (χ4v) is 2.85. The van der Waals surface area contributed by atoms with Crippen LogP contribution in [0.25, 0.3) is 0 Å². The maximum absolute atomic E-state index is 12.4. The van der Waals surface area contributed by atoms with Gasteiger partial charge in [-0.05, 0) is 17.7 Å². The topological polar surface area (TPSA) is 38.3 Å². The largest absolute Gasteiger partial charge is 0.363 e. The van der Waals surface area contributed by atoms with Crippen molar-refractivity contribution in [1.82, 2.24) is 0 Å². The number of halogens is 1. The Morgan fingerprint density at radius 1 is 1.15 bits per heavy atom. The van der Waals surface area contributed by atoms with Gasteiger partial charge in [0.25, 0.3) is 5.91 Å². The number of anilines is 1. The summed E-state index contributed by atoms with van der Waals surface area (Å²) in [7, 11) is 1.55. The number of nitrogens with one attached hydrogen (secondary N) is 1. The molecule has 4 heteroatoms. The fraction of sp³-hybridized carbons (Fsp3) is 0.188. The van der Waals surface area contributed by atoms with E-state index in [0.29, 0.717) is 11.4 Å². The fourth-order valence-electron chi connectivity index (χ4n) is 2.65. The quantitative estimate of drug-likeness (QED) is 0.940. The Hall–Kier alpha value is -1.84. The summed E-state index contributed by atoms with van der Waals surface area (Å²) in [5, 5.41) is 3.51. The molecule has 1 aliphatic heterocycles. The van der Waals surface area contributed by atoms with Gasteiger partial charge in [0.05, 0.1) is 0 Å². The third-order valence-electron chi connectivity index (χ3n) is 3.72. The molecule has 1 aliphatic rings. The van der Waals surface area contributed by atoms with Gasteiger partial charge in [0, 0.05) is 29.8 Å². The minimum atomic E-state index is -1.01. The normalized spacial score (nSPS) is 20.6. The summed E-state index contributed by atoms with van der Waals surface area (Å²) >= 11 is 6.21. The van der Waals surface area contributed by atoms with E-state index in [1.165, 1.54) is 0 Å². The third kappa shape index (κ3) is 1.90. The van der Waals surface area contributed by atoms with Crippen LogP contribution in [0.15, 0.2) is 48.5 Å². The van der Waals surface area contributed by atoms with Crippen LogP contribution in [0, 0.1) is 0 Å². The van der Waals surface area contributed by atoms with E-state index in [4.69, 9.17) is 16.3 Å². The molecule has 0 bridgehead atoms. The lowest BCUT2D eigenvalue weighted by molar-refractivity contribution is -0.137. The zero-order valence-corrected chi connectivity index (χ0v) is 11.8. The van der Waals surface area contributed by atoms with Crippen molar-refractivity contribution in [3.8, 4) is 0 Å². The SMILES string of the molecule is CO[C@@]1(Cc2ccccc2Cl)C(=O)Nc2ccccc21. The van der Waals surface area contributed by atoms with Gasteiger partial charge in [0.15, 0.2) is 5.60 Å². The predicted octanol–water partition coefficient (Wildman–Crippen LogP) is 3.38. The van der Waals surface area contributed by atoms with E-state index in [2.05, 4.69) is 5.32 Å². The molecule has 0 saturated carbocycles. The second-order valence-corrected chi connectivity index (χ2v) is 5.21. The summed E-state index contributed by atoms with van der Waals surface area (Å²) in [4.78, 5) is 12.4. The van der Waals surface area contributed by atoms with Crippen LogP contribution < -0.4 is 5.32 Å². The van der Waals surface area contributed by atoms with Crippen LogP contribution in [0.1, 0.15) is 11.1 Å². The number of benzene rings is 2. The van der Waals surface area contributed by atoms with E-state index in [9.17, 15) is 4.79 Å². The molecule has 0 spiro atoms. The van der Waals surface area contributed by atoms with E-state index in [1.807, 2.05) is 48.5 Å². The zero-order valence-electron chi connectivity index (χ0n) is 11.0. The zero-order chi connectivity index (χ0) is 14.2. The van der Waals surface area contributed by atoms with Crippen LogP contribution in [0.3, 0.4) is 0 Å². The van der Waals surface area contributed by atoms with Gasteiger partial charge < -0.3 is 10.1 Å². The molecule has 3 nitrogen and oxygen atoms in total. The number of ether oxygens (including phenoxy) is 1. The van der Waals surface area contributed by atoms with Crippen LogP contribution in [0.4, 0.5) is 5.69 Å². The lowest BCUT2D eigenvalue weighted by Crippen LogP contribution is -2.38. The van der Waals surface area contributed by atoms with Crippen molar-refractivity contribution in [2.45, 2.75) is 12.0 Å². The van der Waals surface area contributed by atoms with Crippen molar-refractivity contribution in [2.24, 2.45) is 0 Å². The number of carbonyl (C=O) groups excluding carboxylic acids is 1. The Morgan fingerprint density at radius 3 is 2.60 bits per heavy atom. The summed E-state index contributed by atoms with van der Waals surface area (Å²) in [6.45, 7) is 0. The molecule has 1 heterocycles. The summed E-state index contributed by atoms with van der Waals surface area (Å²) in [5.41, 5.74) is 1.53. The van der Waals surface area contributed by atoms with Gasteiger partial charge in [0.2, 0.25) is 0 Å². The van der Waals surface area contributed by atoms with Gasteiger partial charge in [0.1, 0.15) is 0 Å². The first kappa shape index (κ1) is 13.2. The first-order valence-corrected chi connectivity index (χ1v) is 6.75. The molecule has 1 amide bonds. The molecule has 2 aromatic carbocycles. The maximum atomic E-state index is 12.4. The maximum Gasteiger partial charge on any atom is 0.261 e. The lowest BCUT2D eigenvalue weighted by Gasteiger charge is -2.26. The first-order valence-electron chi connectivity index (χ1n) is 6.37. The average molecular weight is 288 g/mol. The summed E-state index contributed by atoms with van der Waals surface area (Å²) in [5.74, 6) is -0.152. The standard InChI is InChI=1S/C16H14ClNO2/c1-20-16(10-11-6-2-4-8-13(11)17)12-7-3-5-9-14(12)18-15(16)19/h2-9H,10H2,1H3,(H,18,19)/t16-/m1/s1. The predicted molar refractivity (Wildman–Crippen MR) is 78.9 cm³/mol. The van der Waals surface area contributed by atoms with Crippen LogP contribution in [-0.2, 0) is 21.6 Å². The van der Waals surface area contributed by atoms with Gasteiger partial charge in [-0.2, -0.15) is 0 Å². The van der Waals surface area contributed by atoms with Crippen molar-refractivity contribution in [1.29, 1.82) is 0 Å². The van der Waals surface area contributed by atoms with Crippen molar-refractivity contribution < 1.29 is 9.53 Å². The summed E-state index contributed by atoms with van der Waals surface area (Å²) in [6, 6.07) is 15.1. The molecule has 2 aromatic rings. The lowest BCUT2D eigenvalue weighted by atomic mass is 9.88. The van der Waals surface area contributed by atoms with Gasteiger partial charge in [-0.3, -0.25) is 4.79 Å².